The number of amidine groups is 1. The SMILES string of the molecule is NC(=O)CC(=O)CN1CCN=C1C(=O)CC(N)=O. The van der Waals surface area contributed by atoms with Crippen molar-refractivity contribution < 1.29 is 19.2 Å². The van der Waals surface area contributed by atoms with Gasteiger partial charge in [-0.1, -0.05) is 0 Å². The predicted molar refractivity (Wildman–Crippen MR) is 61.5 cm³/mol. The lowest BCUT2D eigenvalue weighted by Crippen LogP contribution is -2.39. The molecule has 8 heteroatoms. The molecule has 0 fully saturated rings. The van der Waals surface area contributed by atoms with Crippen LogP contribution in [0.1, 0.15) is 12.8 Å². The summed E-state index contributed by atoms with van der Waals surface area (Å²) in [6, 6.07) is 0. The molecule has 98 valence electrons. The molecule has 0 aliphatic carbocycles. The Kier molecular flexibility index (Phi) is 4.52. The van der Waals surface area contributed by atoms with E-state index in [0.29, 0.717) is 13.1 Å². The van der Waals surface area contributed by atoms with E-state index in [1.807, 2.05) is 0 Å². The molecule has 4 N–H and O–H groups in total. The first-order valence-corrected chi connectivity index (χ1v) is 5.31. The third-order valence-electron chi connectivity index (χ3n) is 2.25. The summed E-state index contributed by atoms with van der Waals surface area (Å²) in [5.74, 6) is -2.33. The number of carbonyl (C=O) groups excluding carboxylic acids is 4. The smallest absolute Gasteiger partial charge is 0.225 e. The van der Waals surface area contributed by atoms with Crippen LogP contribution in [0, 0.1) is 0 Å². The van der Waals surface area contributed by atoms with Gasteiger partial charge in [0, 0.05) is 6.54 Å². The highest BCUT2D eigenvalue weighted by atomic mass is 16.2. The highest BCUT2D eigenvalue weighted by Crippen LogP contribution is 2.05. The van der Waals surface area contributed by atoms with E-state index in [9.17, 15) is 19.2 Å². The molecule has 18 heavy (non-hydrogen) atoms. The highest BCUT2D eigenvalue weighted by molar-refractivity contribution is 6.42. The maximum Gasteiger partial charge on any atom is 0.225 e. The van der Waals surface area contributed by atoms with E-state index in [1.54, 1.807) is 0 Å². The van der Waals surface area contributed by atoms with Crippen LogP contribution in [0.25, 0.3) is 0 Å². The number of carbonyl (C=O) groups is 4. The third kappa shape index (κ3) is 3.96. The molecule has 0 atom stereocenters. The fourth-order valence-corrected chi connectivity index (χ4v) is 1.60. The first-order chi connectivity index (χ1) is 8.40. The molecule has 8 nitrogen and oxygen atoms in total. The second kappa shape index (κ2) is 5.89. The van der Waals surface area contributed by atoms with Crippen molar-refractivity contribution in [2.45, 2.75) is 12.8 Å². The maximum absolute atomic E-state index is 11.6. The predicted octanol–water partition coefficient (Wildman–Crippen LogP) is -2.41. The number of Topliss-reactive ketones (excluding diaryl/α,β-unsaturated/α-hetero) is 2. The Balaban J connectivity index is 2.59. The number of hydrogen-bond acceptors (Lipinski definition) is 6. The van der Waals surface area contributed by atoms with Crippen LogP contribution < -0.4 is 11.5 Å². The van der Waals surface area contributed by atoms with Crippen LogP contribution in [0.15, 0.2) is 4.99 Å². The van der Waals surface area contributed by atoms with Crippen LogP contribution in [-0.4, -0.2) is 53.8 Å². The van der Waals surface area contributed by atoms with E-state index in [0.717, 1.165) is 0 Å². The lowest BCUT2D eigenvalue weighted by molar-refractivity contribution is -0.126. The molecule has 0 aromatic carbocycles. The molecule has 1 rings (SSSR count). The molecule has 1 heterocycles. The Bertz CT molecular complexity index is 430. The molecule has 0 saturated heterocycles. The van der Waals surface area contributed by atoms with Gasteiger partial charge in [-0.2, -0.15) is 0 Å². The minimum Gasteiger partial charge on any atom is -0.369 e. The minimum atomic E-state index is -0.752. The zero-order valence-electron chi connectivity index (χ0n) is 9.72. The molecule has 2 amide bonds. The molecule has 0 bridgehead atoms. The lowest BCUT2D eigenvalue weighted by Gasteiger charge is -2.17. The summed E-state index contributed by atoms with van der Waals surface area (Å²) < 4.78 is 0. The molecule has 0 saturated carbocycles. The van der Waals surface area contributed by atoms with Gasteiger partial charge < -0.3 is 16.4 Å². The van der Waals surface area contributed by atoms with Crippen molar-refractivity contribution >= 4 is 29.2 Å². The van der Waals surface area contributed by atoms with Gasteiger partial charge in [-0.15, -0.1) is 0 Å². The molecule has 0 unspecified atom stereocenters. The summed E-state index contributed by atoms with van der Waals surface area (Å²) >= 11 is 0. The van der Waals surface area contributed by atoms with Crippen LogP contribution in [0.3, 0.4) is 0 Å². The van der Waals surface area contributed by atoms with E-state index in [-0.39, 0.29) is 18.8 Å². The topological polar surface area (TPSA) is 136 Å². The van der Waals surface area contributed by atoms with Crippen LogP contribution in [-0.2, 0) is 19.2 Å². The number of primary amides is 2. The molecule has 1 aliphatic rings. The van der Waals surface area contributed by atoms with E-state index < -0.39 is 29.8 Å². The van der Waals surface area contributed by atoms with Gasteiger partial charge in [0.25, 0.3) is 0 Å². The van der Waals surface area contributed by atoms with Gasteiger partial charge in [0.1, 0.15) is 0 Å². The van der Waals surface area contributed by atoms with E-state index in [1.165, 1.54) is 4.90 Å². The zero-order chi connectivity index (χ0) is 13.7. The molecule has 0 aromatic rings. The molecular formula is C10H14N4O4. The van der Waals surface area contributed by atoms with Crippen LogP contribution >= 0.6 is 0 Å². The van der Waals surface area contributed by atoms with Crippen LogP contribution in [0.2, 0.25) is 0 Å². The summed E-state index contributed by atoms with van der Waals surface area (Å²) in [5, 5.41) is 0. The first-order valence-electron chi connectivity index (χ1n) is 5.31. The third-order valence-corrected chi connectivity index (χ3v) is 2.25. The first kappa shape index (κ1) is 13.8. The van der Waals surface area contributed by atoms with Gasteiger partial charge in [0.2, 0.25) is 17.6 Å². The Morgan fingerprint density at radius 3 is 2.28 bits per heavy atom. The number of ketones is 2. The largest absolute Gasteiger partial charge is 0.369 e. The van der Waals surface area contributed by atoms with Crippen molar-refractivity contribution in [2.24, 2.45) is 16.5 Å². The standard InChI is InChI=1S/C10H14N4O4/c11-8(17)3-6(15)5-14-2-1-13-10(14)7(16)4-9(12)18/h1-5H2,(H2,11,17)(H2,12,18). The average Bonchev–Trinajstić information content (AvgIpc) is 2.62. The fraction of sp³-hybridized carbons (Fsp3) is 0.500. The van der Waals surface area contributed by atoms with Crippen molar-refractivity contribution in [3.63, 3.8) is 0 Å². The van der Waals surface area contributed by atoms with Crippen LogP contribution in [0.5, 0.6) is 0 Å². The maximum atomic E-state index is 11.6. The van der Waals surface area contributed by atoms with E-state index >= 15 is 0 Å². The van der Waals surface area contributed by atoms with Crippen molar-refractivity contribution in [2.75, 3.05) is 19.6 Å². The molecule has 0 radical (unpaired) electrons. The fourth-order valence-electron chi connectivity index (χ4n) is 1.60. The summed E-state index contributed by atoms with van der Waals surface area (Å²) in [4.78, 5) is 49.5. The van der Waals surface area contributed by atoms with Crippen molar-refractivity contribution in [3.05, 3.63) is 0 Å². The Hall–Kier alpha value is -2.25. The summed E-state index contributed by atoms with van der Waals surface area (Å²) in [6.07, 6.45) is -0.826. The zero-order valence-corrected chi connectivity index (χ0v) is 9.72. The molecule has 0 spiro atoms. The number of rotatable bonds is 7. The monoisotopic (exact) mass is 254 g/mol. The minimum absolute atomic E-state index is 0.0617. The van der Waals surface area contributed by atoms with Gasteiger partial charge >= 0.3 is 0 Å². The average molecular weight is 254 g/mol. The van der Waals surface area contributed by atoms with Crippen molar-refractivity contribution in [1.82, 2.24) is 4.90 Å². The normalized spacial score (nSPS) is 14.2. The second-order valence-electron chi connectivity index (χ2n) is 3.87. The number of hydrogen-bond donors (Lipinski definition) is 2. The Morgan fingerprint density at radius 2 is 1.72 bits per heavy atom. The molecular weight excluding hydrogens is 240 g/mol. The van der Waals surface area contributed by atoms with Crippen molar-refractivity contribution in [1.29, 1.82) is 0 Å². The Morgan fingerprint density at radius 1 is 1.11 bits per heavy atom. The van der Waals surface area contributed by atoms with Crippen LogP contribution in [0.4, 0.5) is 0 Å². The quantitative estimate of drug-likeness (QED) is 0.487. The molecule has 1 aliphatic heterocycles. The van der Waals surface area contributed by atoms with Gasteiger partial charge in [-0.05, 0) is 0 Å². The van der Waals surface area contributed by atoms with Gasteiger partial charge in [-0.3, -0.25) is 24.2 Å². The van der Waals surface area contributed by atoms with E-state index in [2.05, 4.69) is 4.99 Å². The lowest BCUT2D eigenvalue weighted by atomic mass is 10.2. The summed E-state index contributed by atoms with van der Waals surface area (Å²) in [5.41, 5.74) is 9.80. The van der Waals surface area contributed by atoms with Gasteiger partial charge in [-0.25, -0.2) is 0 Å². The number of amides is 2. The second-order valence-corrected chi connectivity index (χ2v) is 3.87. The summed E-state index contributed by atoms with van der Waals surface area (Å²) in [7, 11) is 0. The number of aliphatic imine (C=N–C) groups is 1. The number of nitrogens with two attached hydrogens (primary N) is 2. The molecule has 0 aromatic heterocycles. The Labute approximate surface area is 103 Å². The van der Waals surface area contributed by atoms with E-state index in [4.69, 9.17) is 11.5 Å². The van der Waals surface area contributed by atoms with Gasteiger partial charge in [0.15, 0.2) is 11.6 Å². The van der Waals surface area contributed by atoms with Gasteiger partial charge in [0.05, 0.1) is 25.9 Å². The highest BCUT2D eigenvalue weighted by Gasteiger charge is 2.26. The summed E-state index contributed by atoms with van der Waals surface area (Å²) in [6.45, 7) is 0.639. The van der Waals surface area contributed by atoms with Crippen molar-refractivity contribution in [3.8, 4) is 0 Å². The number of nitrogens with zero attached hydrogens (tertiary/aromatic N) is 2.